The van der Waals surface area contributed by atoms with E-state index in [0.717, 1.165) is 0 Å². The first-order valence-corrected chi connectivity index (χ1v) is 5.34. The van der Waals surface area contributed by atoms with Gasteiger partial charge in [-0.05, 0) is 30.7 Å². The highest BCUT2D eigenvalue weighted by atomic mass is 19.1. The molecule has 0 fully saturated rings. The van der Waals surface area contributed by atoms with Crippen LogP contribution < -0.4 is 5.56 Å². The van der Waals surface area contributed by atoms with Crippen LogP contribution in [0.15, 0.2) is 35.5 Å². The molecule has 0 aliphatic rings. The predicted molar refractivity (Wildman–Crippen MR) is 63.7 cm³/mol. The van der Waals surface area contributed by atoms with Gasteiger partial charge < -0.3 is 4.98 Å². The van der Waals surface area contributed by atoms with Gasteiger partial charge in [0.05, 0.1) is 6.20 Å². The van der Waals surface area contributed by atoms with Gasteiger partial charge in [-0.2, -0.15) is 0 Å². The number of fused-ring (bicyclic) bond motifs is 1. The predicted octanol–water partition coefficient (Wildman–Crippen LogP) is 1.53. The Kier molecular flexibility index (Phi) is 2.22. The van der Waals surface area contributed by atoms with Gasteiger partial charge in [0.1, 0.15) is 17.7 Å². The van der Waals surface area contributed by atoms with Crippen LogP contribution in [-0.4, -0.2) is 19.6 Å². The van der Waals surface area contributed by atoms with Crippen molar-refractivity contribution in [2.75, 3.05) is 0 Å². The summed E-state index contributed by atoms with van der Waals surface area (Å²) in [6.07, 6.45) is 2.89. The zero-order valence-corrected chi connectivity index (χ0v) is 9.51. The van der Waals surface area contributed by atoms with Gasteiger partial charge in [0.2, 0.25) is 0 Å². The molecule has 0 bridgehead atoms. The smallest absolute Gasteiger partial charge is 0.277 e. The summed E-state index contributed by atoms with van der Waals surface area (Å²) in [6.45, 7) is 1.76. The first-order chi connectivity index (χ1) is 8.65. The number of nitrogens with one attached hydrogen (secondary N) is 1. The van der Waals surface area contributed by atoms with Gasteiger partial charge in [0.15, 0.2) is 5.82 Å². The molecule has 0 aliphatic heterocycles. The van der Waals surface area contributed by atoms with E-state index >= 15 is 0 Å². The number of hydrogen-bond donors (Lipinski definition) is 1. The molecule has 0 saturated heterocycles. The molecule has 0 unspecified atom stereocenters. The Labute approximate surface area is 101 Å². The fourth-order valence-electron chi connectivity index (χ4n) is 1.85. The summed E-state index contributed by atoms with van der Waals surface area (Å²) in [7, 11) is 0. The average molecular weight is 244 g/mol. The van der Waals surface area contributed by atoms with Gasteiger partial charge in [0, 0.05) is 5.56 Å². The Morgan fingerprint density at radius 1 is 1.39 bits per heavy atom. The number of hydrogen-bond acceptors (Lipinski definition) is 3. The normalized spacial score (nSPS) is 11.0. The molecule has 1 N–H and O–H groups in total. The number of nitrogens with zero attached hydrogens (tertiary/aromatic N) is 3. The molecule has 0 atom stereocenters. The maximum atomic E-state index is 13.0. The number of rotatable bonds is 1. The summed E-state index contributed by atoms with van der Waals surface area (Å²) in [4.78, 5) is 18.3. The molecule has 0 saturated carbocycles. The summed E-state index contributed by atoms with van der Waals surface area (Å²) >= 11 is 0. The third kappa shape index (κ3) is 1.58. The molecule has 5 nitrogen and oxygen atoms in total. The number of benzene rings is 1. The molecule has 2 heterocycles. The van der Waals surface area contributed by atoms with Crippen molar-refractivity contribution in [3.63, 3.8) is 0 Å². The molecule has 0 spiro atoms. The number of H-pyrrole nitrogens is 1. The fourth-order valence-corrected chi connectivity index (χ4v) is 1.85. The minimum Gasteiger partial charge on any atom is -0.303 e. The molecule has 2 aromatic heterocycles. The summed E-state index contributed by atoms with van der Waals surface area (Å²) in [5.41, 5.74) is 1.49. The molecule has 0 aliphatic carbocycles. The third-order valence-corrected chi connectivity index (χ3v) is 2.74. The second-order valence-corrected chi connectivity index (χ2v) is 3.99. The highest BCUT2D eigenvalue weighted by molar-refractivity contribution is 5.60. The van der Waals surface area contributed by atoms with Crippen LogP contribution in [0.3, 0.4) is 0 Å². The minimum absolute atomic E-state index is 0.277. The first-order valence-electron chi connectivity index (χ1n) is 5.34. The van der Waals surface area contributed by atoms with Gasteiger partial charge >= 0.3 is 0 Å². The summed E-state index contributed by atoms with van der Waals surface area (Å²) in [5.74, 6) is 0.0744. The zero-order valence-electron chi connectivity index (χ0n) is 9.51. The van der Waals surface area contributed by atoms with E-state index in [4.69, 9.17) is 0 Å². The zero-order chi connectivity index (χ0) is 12.7. The van der Waals surface area contributed by atoms with Crippen LogP contribution in [0, 0.1) is 12.7 Å². The van der Waals surface area contributed by atoms with Crippen LogP contribution >= 0.6 is 0 Å². The number of imidazole rings is 1. The van der Waals surface area contributed by atoms with Gasteiger partial charge in [-0.1, -0.05) is 0 Å². The molecule has 18 heavy (non-hydrogen) atoms. The number of halogens is 1. The Hall–Kier alpha value is -2.50. The highest BCUT2D eigenvalue weighted by Gasteiger charge is 2.08. The monoisotopic (exact) mass is 244 g/mol. The topological polar surface area (TPSA) is 63.1 Å². The standard InChI is InChI=1S/C12H9FN4O/c1-7-4-8(13)2-3-9(7)11-15-12(18)10-5-14-6-17(10)16-11/h2-6H,1H3,(H,15,16,18). The molecule has 0 radical (unpaired) electrons. The molecule has 1 aromatic carbocycles. The van der Waals surface area contributed by atoms with Crippen LogP contribution in [0.5, 0.6) is 0 Å². The van der Waals surface area contributed by atoms with Gasteiger partial charge in [-0.15, -0.1) is 5.10 Å². The lowest BCUT2D eigenvalue weighted by atomic mass is 10.1. The maximum Gasteiger partial charge on any atom is 0.277 e. The van der Waals surface area contributed by atoms with E-state index < -0.39 is 0 Å². The Morgan fingerprint density at radius 3 is 3.00 bits per heavy atom. The van der Waals surface area contributed by atoms with Gasteiger partial charge in [0.25, 0.3) is 5.56 Å². The summed E-state index contributed by atoms with van der Waals surface area (Å²) < 4.78 is 14.4. The second-order valence-electron chi connectivity index (χ2n) is 3.99. The third-order valence-electron chi connectivity index (χ3n) is 2.74. The largest absolute Gasteiger partial charge is 0.303 e. The van der Waals surface area contributed by atoms with E-state index in [0.29, 0.717) is 22.5 Å². The highest BCUT2D eigenvalue weighted by Crippen LogP contribution is 2.19. The van der Waals surface area contributed by atoms with Crippen molar-refractivity contribution in [1.82, 2.24) is 19.6 Å². The van der Waals surface area contributed by atoms with Crippen LogP contribution in [0.25, 0.3) is 16.9 Å². The SMILES string of the molecule is Cc1cc(F)ccc1-c1nn2cncc2c(=O)[nH]1. The van der Waals surface area contributed by atoms with Crippen LogP contribution in [0.2, 0.25) is 0 Å². The lowest BCUT2D eigenvalue weighted by Crippen LogP contribution is -2.13. The molecule has 90 valence electrons. The van der Waals surface area contributed by atoms with Crippen molar-refractivity contribution < 1.29 is 4.39 Å². The van der Waals surface area contributed by atoms with E-state index in [2.05, 4.69) is 15.1 Å². The average Bonchev–Trinajstić information content (AvgIpc) is 2.77. The number of aromatic amines is 1. The molecule has 6 heteroatoms. The number of aromatic nitrogens is 4. The Bertz CT molecular complexity index is 790. The summed E-state index contributed by atoms with van der Waals surface area (Å²) in [5, 5.41) is 4.23. The van der Waals surface area contributed by atoms with Crippen LogP contribution in [0.4, 0.5) is 4.39 Å². The number of aryl methyl sites for hydroxylation is 1. The van der Waals surface area contributed by atoms with Gasteiger partial charge in [-0.25, -0.2) is 13.9 Å². The molecular weight excluding hydrogens is 235 g/mol. The van der Waals surface area contributed by atoms with E-state index in [1.165, 1.54) is 29.2 Å². The lowest BCUT2D eigenvalue weighted by Gasteiger charge is -2.05. The molecular formula is C12H9FN4O. The fraction of sp³-hybridized carbons (Fsp3) is 0.0833. The molecule has 0 amide bonds. The quantitative estimate of drug-likeness (QED) is 0.706. The van der Waals surface area contributed by atoms with Crippen molar-refractivity contribution in [3.8, 4) is 11.4 Å². The maximum absolute atomic E-state index is 13.0. The molecule has 3 aromatic rings. The first kappa shape index (κ1) is 10.6. The Balaban J connectivity index is 2.28. The van der Waals surface area contributed by atoms with Crippen molar-refractivity contribution >= 4 is 5.52 Å². The minimum atomic E-state index is -0.317. The second kappa shape index (κ2) is 3.76. The lowest BCUT2D eigenvalue weighted by molar-refractivity contribution is 0.627. The van der Waals surface area contributed by atoms with E-state index in [-0.39, 0.29) is 11.4 Å². The van der Waals surface area contributed by atoms with Crippen molar-refractivity contribution in [2.45, 2.75) is 6.92 Å². The van der Waals surface area contributed by atoms with Crippen molar-refractivity contribution in [2.24, 2.45) is 0 Å². The summed E-state index contributed by atoms with van der Waals surface area (Å²) in [6, 6.07) is 4.32. The van der Waals surface area contributed by atoms with Gasteiger partial charge in [-0.3, -0.25) is 4.79 Å². The van der Waals surface area contributed by atoms with Crippen LogP contribution in [0.1, 0.15) is 5.56 Å². The van der Waals surface area contributed by atoms with Crippen molar-refractivity contribution in [3.05, 3.63) is 52.5 Å². The van der Waals surface area contributed by atoms with E-state index in [1.54, 1.807) is 13.0 Å². The van der Waals surface area contributed by atoms with Crippen LogP contribution in [-0.2, 0) is 0 Å². The Morgan fingerprint density at radius 2 is 2.22 bits per heavy atom. The van der Waals surface area contributed by atoms with E-state index in [9.17, 15) is 9.18 Å². The van der Waals surface area contributed by atoms with Crippen molar-refractivity contribution in [1.29, 1.82) is 0 Å². The van der Waals surface area contributed by atoms with E-state index in [1.807, 2.05) is 0 Å². The molecule has 3 rings (SSSR count).